The van der Waals surface area contributed by atoms with Gasteiger partial charge < -0.3 is 14.7 Å². The molecule has 102 valence electrons. The molecule has 0 bridgehead atoms. The fraction of sp³-hybridized carbons (Fsp3) is 0.429. The zero-order valence-electron chi connectivity index (χ0n) is 10.8. The number of aromatic carboxylic acids is 1. The largest absolute Gasteiger partial charge is 0.478 e. The second kappa shape index (κ2) is 5.84. The van der Waals surface area contributed by atoms with Crippen molar-refractivity contribution in [2.75, 3.05) is 20.2 Å². The number of methoxy groups -OCH3 is 1. The van der Waals surface area contributed by atoms with Gasteiger partial charge in [0.05, 0.1) is 11.7 Å². The summed E-state index contributed by atoms with van der Waals surface area (Å²) < 4.78 is 5.29. The maximum Gasteiger partial charge on any atom is 0.335 e. The highest BCUT2D eigenvalue weighted by Crippen LogP contribution is 2.16. The first-order chi connectivity index (χ1) is 9.11. The molecular weight excluding hydrogens is 246 g/mol. The molecule has 19 heavy (non-hydrogen) atoms. The van der Waals surface area contributed by atoms with Crippen LogP contribution in [-0.4, -0.2) is 48.2 Å². The third-order valence-corrected chi connectivity index (χ3v) is 3.38. The third kappa shape index (κ3) is 3.12. The molecule has 1 aliphatic heterocycles. The number of carbonyl (C=O) groups is 2. The first-order valence-corrected chi connectivity index (χ1v) is 6.27. The van der Waals surface area contributed by atoms with Crippen LogP contribution < -0.4 is 0 Å². The van der Waals surface area contributed by atoms with Crippen molar-refractivity contribution < 1.29 is 19.4 Å². The lowest BCUT2D eigenvalue weighted by Gasteiger charge is -2.32. The van der Waals surface area contributed by atoms with E-state index in [-0.39, 0.29) is 17.6 Å². The first kappa shape index (κ1) is 13.5. The maximum atomic E-state index is 12.3. The lowest BCUT2D eigenvalue weighted by atomic mass is 10.1. The molecule has 1 N–H and O–H groups in total. The van der Waals surface area contributed by atoms with Gasteiger partial charge in [-0.15, -0.1) is 0 Å². The second-order valence-corrected chi connectivity index (χ2v) is 4.63. The summed E-state index contributed by atoms with van der Waals surface area (Å²) in [4.78, 5) is 24.8. The molecule has 1 aromatic rings. The van der Waals surface area contributed by atoms with Crippen molar-refractivity contribution >= 4 is 11.9 Å². The van der Waals surface area contributed by atoms with Gasteiger partial charge in [0.2, 0.25) is 0 Å². The zero-order chi connectivity index (χ0) is 13.8. The van der Waals surface area contributed by atoms with Crippen LogP contribution in [0.25, 0.3) is 0 Å². The summed E-state index contributed by atoms with van der Waals surface area (Å²) in [7, 11) is 1.65. The topological polar surface area (TPSA) is 66.8 Å². The van der Waals surface area contributed by atoms with E-state index in [2.05, 4.69) is 0 Å². The predicted octanol–water partition coefficient (Wildman–Crippen LogP) is 1.64. The summed E-state index contributed by atoms with van der Waals surface area (Å²) in [6.45, 7) is 1.31. The lowest BCUT2D eigenvalue weighted by molar-refractivity contribution is 0.0269. The Kier molecular flexibility index (Phi) is 4.16. The van der Waals surface area contributed by atoms with E-state index in [1.54, 1.807) is 24.1 Å². The van der Waals surface area contributed by atoms with Crippen molar-refractivity contribution in [1.82, 2.24) is 4.90 Å². The first-order valence-electron chi connectivity index (χ1n) is 6.27. The molecule has 1 saturated heterocycles. The molecule has 0 aliphatic carbocycles. The number of ether oxygens (including phenoxy) is 1. The number of carbonyl (C=O) groups excluding carboxylic acids is 1. The molecular formula is C14H17NO4. The Labute approximate surface area is 111 Å². The quantitative estimate of drug-likeness (QED) is 0.900. The summed E-state index contributed by atoms with van der Waals surface area (Å²) >= 11 is 0. The van der Waals surface area contributed by atoms with E-state index in [9.17, 15) is 9.59 Å². The molecule has 5 nitrogen and oxygen atoms in total. The minimum atomic E-state index is -0.989. The Balaban J connectivity index is 2.08. The van der Waals surface area contributed by atoms with Crippen molar-refractivity contribution in [1.29, 1.82) is 0 Å². The number of nitrogens with zero attached hydrogens (tertiary/aromatic N) is 1. The molecule has 0 aromatic heterocycles. The normalized spacial score (nSPS) is 19.2. The Hall–Kier alpha value is -1.88. The number of benzene rings is 1. The summed E-state index contributed by atoms with van der Waals surface area (Å²) in [6, 6.07) is 6.02. The molecule has 1 aliphatic rings. The van der Waals surface area contributed by atoms with Crippen LogP contribution in [0.2, 0.25) is 0 Å². The predicted molar refractivity (Wildman–Crippen MR) is 69.3 cm³/mol. The van der Waals surface area contributed by atoms with Crippen LogP contribution in [0.15, 0.2) is 24.3 Å². The van der Waals surface area contributed by atoms with Gasteiger partial charge in [0.25, 0.3) is 5.91 Å². The highest BCUT2D eigenvalue weighted by Gasteiger charge is 2.24. The van der Waals surface area contributed by atoms with Gasteiger partial charge >= 0.3 is 5.97 Å². The summed E-state index contributed by atoms with van der Waals surface area (Å²) in [6.07, 6.45) is 1.99. The van der Waals surface area contributed by atoms with Crippen molar-refractivity contribution in [2.24, 2.45) is 0 Å². The van der Waals surface area contributed by atoms with E-state index in [0.29, 0.717) is 12.1 Å². The minimum absolute atomic E-state index is 0.0707. The molecule has 1 amide bonds. The zero-order valence-corrected chi connectivity index (χ0v) is 10.8. The van der Waals surface area contributed by atoms with E-state index in [0.717, 1.165) is 19.4 Å². The second-order valence-electron chi connectivity index (χ2n) is 4.63. The average Bonchev–Trinajstić information content (AvgIpc) is 2.46. The average molecular weight is 263 g/mol. The fourth-order valence-corrected chi connectivity index (χ4v) is 2.25. The van der Waals surface area contributed by atoms with Gasteiger partial charge in [0.1, 0.15) is 0 Å². The molecule has 2 rings (SSSR count). The van der Waals surface area contributed by atoms with E-state index < -0.39 is 5.97 Å². The molecule has 1 atom stereocenters. The number of likely N-dealkylation sites (tertiary alicyclic amines) is 1. The Bertz CT molecular complexity index is 469. The van der Waals surface area contributed by atoms with Crippen molar-refractivity contribution in [3.63, 3.8) is 0 Å². The lowest BCUT2D eigenvalue weighted by Crippen LogP contribution is -2.42. The molecule has 0 saturated carbocycles. The van der Waals surface area contributed by atoms with E-state index >= 15 is 0 Å². The van der Waals surface area contributed by atoms with Crippen LogP contribution in [0.1, 0.15) is 33.6 Å². The molecule has 1 fully saturated rings. The Morgan fingerprint density at radius 1 is 1.26 bits per heavy atom. The fourth-order valence-electron chi connectivity index (χ4n) is 2.25. The number of hydrogen-bond donors (Lipinski definition) is 1. The van der Waals surface area contributed by atoms with Gasteiger partial charge in [-0.1, -0.05) is 0 Å². The summed E-state index contributed by atoms with van der Waals surface area (Å²) in [5.41, 5.74) is 0.701. The van der Waals surface area contributed by atoms with Gasteiger partial charge in [-0.05, 0) is 37.1 Å². The van der Waals surface area contributed by atoms with Crippen LogP contribution in [-0.2, 0) is 4.74 Å². The van der Waals surface area contributed by atoms with Crippen LogP contribution in [0, 0.1) is 0 Å². The molecule has 5 heteroatoms. The molecule has 0 radical (unpaired) electrons. The number of amides is 1. The monoisotopic (exact) mass is 263 g/mol. The SMILES string of the molecule is CO[C@@H]1CCCN(C(=O)c2ccc(C(=O)O)cc2)C1. The Morgan fingerprint density at radius 3 is 2.47 bits per heavy atom. The van der Waals surface area contributed by atoms with Crippen molar-refractivity contribution in [3.05, 3.63) is 35.4 Å². The molecule has 0 unspecified atom stereocenters. The van der Waals surface area contributed by atoms with Crippen LogP contribution in [0.4, 0.5) is 0 Å². The van der Waals surface area contributed by atoms with Gasteiger partial charge in [0, 0.05) is 25.8 Å². The van der Waals surface area contributed by atoms with Crippen LogP contribution >= 0.6 is 0 Å². The summed E-state index contributed by atoms with van der Waals surface area (Å²) in [5.74, 6) is -1.06. The minimum Gasteiger partial charge on any atom is -0.478 e. The third-order valence-electron chi connectivity index (χ3n) is 3.38. The van der Waals surface area contributed by atoms with Gasteiger partial charge in [0.15, 0.2) is 0 Å². The molecule has 0 spiro atoms. The van der Waals surface area contributed by atoms with Gasteiger partial charge in [-0.25, -0.2) is 4.79 Å². The van der Waals surface area contributed by atoms with E-state index in [4.69, 9.17) is 9.84 Å². The molecule has 1 aromatic carbocycles. The highest BCUT2D eigenvalue weighted by molar-refractivity contribution is 5.96. The number of hydrogen-bond acceptors (Lipinski definition) is 3. The smallest absolute Gasteiger partial charge is 0.335 e. The summed E-state index contributed by atoms with van der Waals surface area (Å²) in [5, 5.41) is 8.82. The number of carboxylic acid groups (broad SMARTS) is 1. The van der Waals surface area contributed by atoms with Gasteiger partial charge in [-0.3, -0.25) is 4.79 Å². The van der Waals surface area contributed by atoms with Crippen molar-refractivity contribution in [3.8, 4) is 0 Å². The van der Waals surface area contributed by atoms with Gasteiger partial charge in [-0.2, -0.15) is 0 Å². The number of piperidine rings is 1. The standard InChI is InChI=1S/C14H17NO4/c1-19-12-3-2-8-15(9-12)13(16)10-4-6-11(7-5-10)14(17)18/h4-7,12H,2-3,8-9H2,1H3,(H,17,18)/t12-/m1/s1. The van der Waals surface area contributed by atoms with Crippen LogP contribution in [0.3, 0.4) is 0 Å². The highest BCUT2D eigenvalue weighted by atomic mass is 16.5. The Morgan fingerprint density at radius 2 is 1.89 bits per heavy atom. The number of carboxylic acids is 1. The molecule has 1 heterocycles. The van der Waals surface area contributed by atoms with Crippen molar-refractivity contribution in [2.45, 2.75) is 18.9 Å². The van der Waals surface area contributed by atoms with E-state index in [1.807, 2.05) is 0 Å². The maximum absolute atomic E-state index is 12.3. The van der Waals surface area contributed by atoms with E-state index in [1.165, 1.54) is 12.1 Å². The van der Waals surface area contributed by atoms with Crippen LogP contribution in [0.5, 0.6) is 0 Å². The number of rotatable bonds is 3.